The topological polar surface area (TPSA) is 84.0 Å². The van der Waals surface area contributed by atoms with Crippen LogP contribution in [0, 0.1) is 0 Å². The van der Waals surface area contributed by atoms with Crippen molar-refractivity contribution in [2.75, 3.05) is 24.7 Å². The number of aromatic nitrogens is 1. The molecule has 1 atom stereocenters. The summed E-state index contributed by atoms with van der Waals surface area (Å²) in [6.07, 6.45) is 1.66. The van der Waals surface area contributed by atoms with Gasteiger partial charge in [-0.25, -0.2) is 4.98 Å². The van der Waals surface area contributed by atoms with E-state index in [0.717, 1.165) is 12.4 Å². The van der Waals surface area contributed by atoms with Crippen LogP contribution in [0.2, 0.25) is 0 Å². The summed E-state index contributed by atoms with van der Waals surface area (Å²) in [5, 5.41) is 11.6. The number of nitrogens with zero attached hydrogens (tertiary/aromatic N) is 3. The third kappa shape index (κ3) is 2.47. The van der Waals surface area contributed by atoms with E-state index < -0.39 is 0 Å². The highest BCUT2D eigenvalue weighted by Crippen LogP contribution is 2.18. The lowest BCUT2D eigenvalue weighted by molar-refractivity contribution is 0.0985. The minimum atomic E-state index is 0.0922. The fourth-order valence-electron chi connectivity index (χ4n) is 1.86. The van der Waals surface area contributed by atoms with Crippen molar-refractivity contribution in [2.24, 2.45) is 10.9 Å². The quantitative estimate of drug-likeness (QED) is 0.336. The standard InChI is InChI=1S/C11H16N4O2/c1-8-7-17-5-4-15(8)10-6-9(2-3-13-10)11(12)14-16/h2-3,6,8,16H,4-5,7H2,1H3,(H2,12,14). The Bertz CT molecular complexity index is 422. The van der Waals surface area contributed by atoms with E-state index in [1.165, 1.54) is 0 Å². The van der Waals surface area contributed by atoms with E-state index in [9.17, 15) is 0 Å². The average molecular weight is 236 g/mol. The van der Waals surface area contributed by atoms with E-state index in [2.05, 4.69) is 22.0 Å². The van der Waals surface area contributed by atoms with Crippen molar-refractivity contribution in [3.8, 4) is 0 Å². The SMILES string of the molecule is CC1COCCN1c1cc(/C(N)=N/O)ccn1. The Kier molecular flexibility index (Phi) is 3.43. The zero-order valence-electron chi connectivity index (χ0n) is 9.71. The molecule has 0 aromatic carbocycles. The first-order valence-electron chi connectivity index (χ1n) is 5.50. The molecule has 3 N–H and O–H groups in total. The zero-order chi connectivity index (χ0) is 12.3. The van der Waals surface area contributed by atoms with Crippen molar-refractivity contribution in [2.45, 2.75) is 13.0 Å². The van der Waals surface area contributed by atoms with Crippen molar-refractivity contribution >= 4 is 11.7 Å². The number of rotatable bonds is 2. The van der Waals surface area contributed by atoms with Crippen LogP contribution in [0.5, 0.6) is 0 Å². The minimum absolute atomic E-state index is 0.0922. The lowest BCUT2D eigenvalue weighted by Gasteiger charge is -2.34. The summed E-state index contributed by atoms with van der Waals surface area (Å²) in [7, 11) is 0. The molecule has 1 aliphatic heterocycles. The molecule has 1 aromatic rings. The Hall–Kier alpha value is -1.82. The molecule has 2 heterocycles. The van der Waals surface area contributed by atoms with Gasteiger partial charge in [-0.2, -0.15) is 0 Å². The van der Waals surface area contributed by atoms with Gasteiger partial charge >= 0.3 is 0 Å². The molecule has 0 radical (unpaired) electrons. The number of pyridine rings is 1. The summed E-state index contributed by atoms with van der Waals surface area (Å²) in [4.78, 5) is 6.46. The Labute approximate surface area is 99.7 Å². The highest BCUT2D eigenvalue weighted by Gasteiger charge is 2.20. The molecule has 17 heavy (non-hydrogen) atoms. The van der Waals surface area contributed by atoms with Crippen molar-refractivity contribution in [3.05, 3.63) is 23.9 Å². The predicted molar refractivity (Wildman–Crippen MR) is 64.4 cm³/mol. The second-order valence-corrected chi connectivity index (χ2v) is 4.01. The zero-order valence-corrected chi connectivity index (χ0v) is 9.71. The third-order valence-electron chi connectivity index (χ3n) is 2.81. The molecule has 92 valence electrons. The highest BCUT2D eigenvalue weighted by atomic mass is 16.5. The molecule has 0 bridgehead atoms. The number of morpholine rings is 1. The first kappa shape index (κ1) is 11.7. The van der Waals surface area contributed by atoms with Gasteiger partial charge in [0.15, 0.2) is 5.84 Å². The molecule has 6 heteroatoms. The highest BCUT2D eigenvalue weighted by molar-refractivity contribution is 5.97. The van der Waals surface area contributed by atoms with Crippen molar-refractivity contribution in [1.29, 1.82) is 0 Å². The number of amidine groups is 1. The molecule has 1 aromatic heterocycles. The van der Waals surface area contributed by atoms with E-state index in [1.54, 1.807) is 12.3 Å². The van der Waals surface area contributed by atoms with E-state index in [0.29, 0.717) is 18.8 Å². The largest absolute Gasteiger partial charge is 0.409 e. The summed E-state index contributed by atoms with van der Waals surface area (Å²) in [5.41, 5.74) is 6.22. The summed E-state index contributed by atoms with van der Waals surface area (Å²) >= 11 is 0. The Balaban J connectivity index is 2.26. The first-order valence-corrected chi connectivity index (χ1v) is 5.50. The fraction of sp³-hybridized carbons (Fsp3) is 0.455. The van der Waals surface area contributed by atoms with E-state index in [1.807, 2.05) is 6.07 Å². The van der Waals surface area contributed by atoms with Crippen LogP contribution in [0.4, 0.5) is 5.82 Å². The molecule has 1 fully saturated rings. The second-order valence-electron chi connectivity index (χ2n) is 4.01. The van der Waals surface area contributed by atoms with Crippen molar-refractivity contribution < 1.29 is 9.94 Å². The van der Waals surface area contributed by atoms with Crippen LogP contribution in [0.3, 0.4) is 0 Å². The van der Waals surface area contributed by atoms with Crippen LogP contribution in [0.25, 0.3) is 0 Å². The lowest BCUT2D eigenvalue weighted by Crippen LogP contribution is -2.44. The summed E-state index contributed by atoms with van der Waals surface area (Å²) < 4.78 is 5.37. The second kappa shape index (κ2) is 5.01. The Morgan fingerprint density at radius 1 is 1.71 bits per heavy atom. The van der Waals surface area contributed by atoms with Crippen LogP contribution in [-0.2, 0) is 4.74 Å². The lowest BCUT2D eigenvalue weighted by atomic mass is 10.2. The normalized spacial score (nSPS) is 21.6. The maximum Gasteiger partial charge on any atom is 0.170 e. The summed E-state index contributed by atoms with van der Waals surface area (Å²) in [5.74, 6) is 0.916. The molecule has 0 saturated carbocycles. The van der Waals surface area contributed by atoms with Gasteiger partial charge in [0.25, 0.3) is 0 Å². The molecule has 1 aliphatic rings. The molecule has 2 rings (SSSR count). The maximum absolute atomic E-state index is 8.65. The average Bonchev–Trinajstić information content (AvgIpc) is 2.38. The smallest absolute Gasteiger partial charge is 0.170 e. The number of oxime groups is 1. The molecular weight excluding hydrogens is 220 g/mol. The number of nitrogens with two attached hydrogens (primary N) is 1. The molecule has 0 amide bonds. The van der Waals surface area contributed by atoms with Crippen molar-refractivity contribution in [1.82, 2.24) is 4.98 Å². The first-order chi connectivity index (χ1) is 8.22. The van der Waals surface area contributed by atoms with E-state index in [-0.39, 0.29) is 11.9 Å². The number of hydrogen-bond donors (Lipinski definition) is 2. The fourth-order valence-corrected chi connectivity index (χ4v) is 1.86. The molecule has 1 saturated heterocycles. The minimum Gasteiger partial charge on any atom is -0.409 e. The van der Waals surface area contributed by atoms with Gasteiger partial charge in [0.2, 0.25) is 0 Å². The number of ether oxygens (including phenoxy) is 1. The number of anilines is 1. The van der Waals surface area contributed by atoms with Gasteiger partial charge in [-0.15, -0.1) is 0 Å². The van der Waals surface area contributed by atoms with E-state index >= 15 is 0 Å². The molecular formula is C11H16N4O2. The maximum atomic E-state index is 8.65. The van der Waals surface area contributed by atoms with Crippen LogP contribution in [0.15, 0.2) is 23.5 Å². The van der Waals surface area contributed by atoms with Gasteiger partial charge in [0, 0.05) is 18.3 Å². The van der Waals surface area contributed by atoms with Gasteiger partial charge in [0.1, 0.15) is 5.82 Å². The Morgan fingerprint density at radius 2 is 2.53 bits per heavy atom. The van der Waals surface area contributed by atoms with Gasteiger partial charge in [-0.05, 0) is 19.1 Å². The predicted octanol–water partition coefficient (Wildman–Crippen LogP) is 0.401. The van der Waals surface area contributed by atoms with Crippen LogP contribution in [0.1, 0.15) is 12.5 Å². The molecule has 0 spiro atoms. The van der Waals surface area contributed by atoms with Crippen molar-refractivity contribution in [3.63, 3.8) is 0 Å². The van der Waals surface area contributed by atoms with Gasteiger partial charge in [0.05, 0.1) is 19.3 Å². The van der Waals surface area contributed by atoms with E-state index in [4.69, 9.17) is 15.7 Å². The van der Waals surface area contributed by atoms with Gasteiger partial charge in [-0.1, -0.05) is 5.16 Å². The van der Waals surface area contributed by atoms with Crippen LogP contribution in [-0.4, -0.2) is 41.8 Å². The van der Waals surface area contributed by atoms with Crippen LogP contribution < -0.4 is 10.6 Å². The van der Waals surface area contributed by atoms with Gasteiger partial charge in [-0.3, -0.25) is 0 Å². The monoisotopic (exact) mass is 236 g/mol. The third-order valence-corrected chi connectivity index (χ3v) is 2.81. The summed E-state index contributed by atoms with van der Waals surface area (Å²) in [6.45, 7) is 4.26. The molecule has 1 unspecified atom stereocenters. The Morgan fingerprint density at radius 3 is 3.24 bits per heavy atom. The molecule has 6 nitrogen and oxygen atoms in total. The molecule has 0 aliphatic carbocycles. The number of hydrogen-bond acceptors (Lipinski definition) is 5. The van der Waals surface area contributed by atoms with Crippen LogP contribution >= 0.6 is 0 Å². The van der Waals surface area contributed by atoms with Gasteiger partial charge < -0.3 is 20.6 Å². The summed E-state index contributed by atoms with van der Waals surface area (Å²) in [6, 6.07) is 3.80.